The maximum Gasteiger partial charge on any atom is 0.253 e. The molecule has 0 bridgehead atoms. The van der Waals surface area contributed by atoms with E-state index in [0.717, 1.165) is 11.1 Å². The fourth-order valence-electron chi connectivity index (χ4n) is 3.74. The lowest BCUT2D eigenvalue weighted by molar-refractivity contribution is 0.0952. The molecule has 8 nitrogen and oxygen atoms in total. The molecule has 3 aromatic carbocycles. The van der Waals surface area contributed by atoms with Crippen LogP contribution in [0, 0.1) is 0 Å². The second-order valence-corrected chi connectivity index (χ2v) is 9.80. The lowest BCUT2D eigenvalue weighted by atomic mass is 10.1. The number of amides is 1. The van der Waals surface area contributed by atoms with Crippen molar-refractivity contribution in [2.24, 2.45) is 7.05 Å². The lowest BCUT2D eigenvalue weighted by Gasteiger charge is -2.12. The standard InChI is InChI=1S/C25H26N4O4S/c1-4-34(31,32)28-19-14-21(25(30)26-16-17-9-8-12-20(13-17)33-3)23-22(15-19)27-24(29(23)2)18-10-6-5-7-11-18/h5-15,28H,4,16H2,1-3H3,(H,26,30). The third-order valence-electron chi connectivity index (χ3n) is 5.49. The highest BCUT2D eigenvalue weighted by atomic mass is 32.2. The van der Waals surface area contributed by atoms with Crippen LogP contribution in [0.2, 0.25) is 0 Å². The Morgan fingerprint density at radius 3 is 2.53 bits per heavy atom. The molecule has 0 unspecified atom stereocenters. The number of methoxy groups -OCH3 is 1. The van der Waals surface area contributed by atoms with E-state index >= 15 is 0 Å². The lowest BCUT2D eigenvalue weighted by Crippen LogP contribution is -2.24. The molecule has 34 heavy (non-hydrogen) atoms. The van der Waals surface area contributed by atoms with Crippen LogP contribution < -0.4 is 14.8 Å². The molecule has 2 N–H and O–H groups in total. The Balaban J connectivity index is 1.77. The third-order valence-corrected chi connectivity index (χ3v) is 6.79. The Labute approximate surface area is 198 Å². The summed E-state index contributed by atoms with van der Waals surface area (Å²) in [4.78, 5) is 18.0. The summed E-state index contributed by atoms with van der Waals surface area (Å²) in [6.45, 7) is 1.84. The van der Waals surface area contributed by atoms with Gasteiger partial charge in [0.25, 0.3) is 5.91 Å². The first kappa shape index (κ1) is 23.3. The fraction of sp³-hybridized carbons (Fsp3) is 0.200. The highest BCUT2D eigenvalue weighted by Crippen LogP contribution is 2.29. The van der Waals surface area contributed by atoms with Crippen LogP contribution in [0.25, 0.3) is 22.4 Å². The number of hydrogen-bond donors (Lipinski definition) is 2. The van der Waals surface area contributed by atoms with Gasteiger partial charge in [0.2, 0.25) is 10.0 Å². The number of anilines is 1. The Morgan fingerprint density at radius 1 is 1.06 bits per heavy atom. The van der Waals surface area contributed by atoms with Crippen LogP contribution >= 0.6 is 0 Å². The van der Waals surface area contributed by atoms with E-state index in [1.54, 1.807) is 26.2 Å². The quantitative estimate of drug-likeness (QED) is 0.399. The van der Waals surface area contributed by atoms with Gasteiger partial charge in [-0.15, -0.1) is 0 Å². The van der Waals surface area contributed by atoms with Crippen molar-refractivity contribution in [3.63, 3.8) is 0 Å². The van der Waals surface area contributed by atoms with Crippen molar-refractivity contribution in [1.29, 1.82) is 0 Å². The highest BCUT2D eigenvalue weighted by Gasteiger charge is 2.20. The average Bonchev–Trinajstić information content (AvgIpc) is 3.18. The Hall–Kier alpha value is -3.85. The number of ether oxygens (including phenoxy) is 1. The SMILES string of the molecule is CCS(=O)(=O)Nc1cc(C(=O)NCc2cccc(OC)c2)c2c(c1)nc(-c1ccccc1)n2C. The number of aryl methyl sites for hydroxylation is 1. The van der Waals surface area contributed by atoms with E-state index < -0.39 is 10.0 Å². The summed E-state index contributed by atoms with van der Waals surface area (Å²) in [5, 5.41) is 2.93. The second kappa shape index (κ2) is 9.56. The van der Waals surface area contributed by atoms with Crippen molar-refractivity contribution >= 4 is 32.7 Å². The van der Waals surface area contributed by atoms with Gasteiger partial charge in [-0.3, -0.25) is 9.52 Å². The summed E-state index contributed by atoms with van der Waals surface area (Å²) >= 11 is 0. The van der Waals surface area contributed by atoms with Crippen LogP contribution in [-0.2, 0) is 23.6 Å². The van der Waals surface area contributed by atoms with Crippen molar-refractivity contribution in [1.82, 2.24) is 14.9 Å². The summed E-state index contributed by atoms with van der Waals surface area (Å²) < 4.78 is 34.0. The van der Waals surface area contributed by atoms with Gasteiger partial charge >= 0.3 is 0 Å². The molecule has 0 atom stereocenters. The largest absolute Gasteiger partial charge is 0.497 e. The highest BCUT2D eigenvalue weighted by molar-refractivity contribution is 7.92. The molecule has 0 saturated heterocycles. The number of hydrogen-bond acceptors (Lipinski definition) is 5. The van der Waals surface area contributed by atoms with Crippen molar-refractivity contribution in [2.75, 3.05) is 17.6 Å². The molecule has 9 heteroatoms. The van der Waals surface area contributed by atoms with Crippen LogP contribution in [-0.4, -0.2) is 36.7 Å². The minimum Gasteiger partial charge on any atom is -0.497 e. The molecule has 0 aliphatic rings. The normalized spacial score (nSPS) is 11.4. The van der Waals surface area contributed by atoms with Gasteiger partial charge in [0.15, 0.2) is 0 Å². The molecule has 4 rings (SSSR count). The van der Waals surface area contributed by atoms with Crippen molar-refractivity contribution in [2.45, 2.75) is 13.5 Å². The first-order chi connectivity index (χ1) is 16.3. The smallest absolute Gasteiger partial charge is 0.253 e. The molecule has 1 aromatic heterocycles. The minimum atomic E-state index is -3.53. The first-order valence-corrected chi connectivity index (χ1v) is 12.4. The van der Waals surface area contributed by atoms with Gasteiger partial charge < -0.3 is 14.6 Å². The number of sulfonamides is 1. The molecule has 4 aromatic rings. The van der Waals surface area contributed by atoms with Gasteiger partial charge in [0.05, 0.1) is 35.1 Å². The molecular formula is C25H26N4O4S. The summed E-state index contributed by atoms with van der Waals surface area (Å²) in [6, 6.07) is 20.2. The minimum absolute atomic E-state index is 0.0834. The Kier molecular flexibility index (Phi) is 6.56. The fourth-order valence-corrected chi connectivity index (χ4v) is 4.36. The number of aromatic nitrogens is 2. The van der Waals surface area contributed by atoms with Gasteiger partial charge in [0.1, 0.15) is 11.6 Å². The number of nitrogens with one attached hydrogen (secondary N) is 2. The molecule has 1 heterocycles. The van der Waals surface area contributed by atoms with Gasteiger partial charge in [0, 0.05) is 19.2 Å². The number of rotatable bonds is 8. The van der Waals surface area contributed by atoms with Crippen LogP contribution in [0.1, 0.15) is 22.8 Å². The van der Waals surface area contributed by atoms with Crippen molar-refractivity contribution in [3.8, 4) is 17.1 Å². The number of benzene rings is 3. The van der Waals surface area contributed by atoms with Gasteiger partial charge in [-0.05, 0) is 36.8 Å². The van der Waals surface area contributed by atoms with E-state index in [1.165, 1.54) is 0 Å². The molecule has 0 aliphatic carbocycles. The van der Waals surface area contributed by atoms with E-state index in [1.807, 2.05) is 66.2 Å². The van der Waals surface area contributed by atoms with E-state index in [9.17, 15) is 13.2 Å². The molecule has 0 fully saturated rings. The van der Waals surface area contributed by atoms with Crippen LogP contribution in [0.15, 0.2) is 66.7 Å². The van der Waals surface area contributed by atoms with Crippen LogP contribution in [0.3, 0.4) is 0 Å². The summed E-state index contributed by atoms with van der Waals surface area (Å²) in [5.74, 6) is 0.949. The zero-order chi connectivity index (χ0) is 24.3. The maximum absolute atomic E-state index is 13.3. The number of carbonyl (C=O) groups excluding carboxylic acids is 1. The number of carbonyl (C=O) groups is 1. The number of nitrogens with zero attached hydrogens (tertiary/aromatic N) is 2. The average molecular weight is 479 g/mol. The topological polar surface area (TPSA) is 102 Å². The van der Waals surface area contributed by atoms with Crippen molar-refractivity contribution in [3.05, 3.63) is 77.9 Å². The molecular weight excluding hydrogens is 452 g/mol. The zero-order valence-electron chi connectivity index (χ0n) is 19.2. The molecule has 0 radical (unpaired) electrons. The third kappa shape index (κ3) is 4.89. The maximum atomic E-state index is 13.3. The molecule has 0 spiro atoms. The Morgan fingerprint density at radius 2 is 1.82 bits per heavy atom. The molecule has 1 amide bonds. The van der Waals surface area contributed by atoms with Crippen LogP contribution in [0.4, 0.5) is 5.69 Å². The predicted molar refractivity (Wildman–Crippen MR) is 133 cm³/mol. The monoisotopic (exact) mass is 478 g/mol. The summed E-state index contributed by atoms with van der Waals surface area (Å²) in [7, 11) is -0.105. The summed E-state index contributed by atoms with van der Waals surface area (Å²) in [5.41, 5.74) is 3.51. The number of imidazole rings is 1. The molecule has 0 saturated carbocycles. The second-order valence-electron chi connectivity index (χ2n) is 7.79. The summed E-state index contributed by atoms with van der Waals surface area (Å²) in [6.07, 6.45) is 0. The van der Waals surface area contributed by atoms with E-state index in [2.05, 4.69) is 10.0 Å². The van der Waals surface area contributed by atoms with E-state index in [-0.39, 0.29) is 18.2 Å². The Bertz CT molecular complexity index is 1450. The van der Waals surface area contributed by atoms with Crippen molar-refractivity contribution < 1.29 is 17.9 Å². The van der Waals surface area contributed by atoms with Gasteiger partial charge in [-0.2, -0.15) is 0 Å². The van der Waals surface area contributed by atoms with E-state index in [0.29, 0.717) is 33.9 Å². The van der Waals surface area contributed by atoms with Gasteiger partial charge in [-0.25, -0.2) is 13.4 Å². The molecule has 176 valence electrons. The first-order valence-electron chi connectivity index (χ1n) is 10.8. The predicted octanol–water partition coefficient (Wildman–Crippen LogP) is 3.94. The zero-order valence-corrected chi connectivity index (χ0v) is 20.0. The van der Waals surface area contributed by atoms with E-state index in [4.69, 9.17) is 9.72 Å². The van der Waals surface area contributed by atoms with Crippen LogP contribution in [0.5, 0.6) is 5.75 Å². The molecule has 0 aliphatic heterocycles. The number of fused-ring (bicyclic) bond motifs is 1. The van der Waals surface area contributed by atoms with Gasteiger partial charge in [-0.1, -0.05) is 42.5 Å².